The monoisotopic (exact) mass is 263 g/mol. The first-order chi connectivity index (χ1) is 8.79. The Labute approximate surface area is 108 Å². The molecule has 0 bridgehead atoms. The molecule has 0 fully saturated rings. The fourth-order valence-electron chi connectivity index (χ4n) is 1.50. The van der Waals surface area contributed by atoms with Crippen LogP contribution in [0.3, 0.4) is 0 Å². The number of aromatic nitrogens is 1. The minimum atomic E-state index is -0.425. The van der Waals surface area contributed by atoms with Crippen LogP contribution in [0.2, 0.25) is 0 Å². The Kier molecular flexibility index (Phi) is 4.27. The lowest BCUT2D eigenvalue weighted by molar-refractivity contribution is 0.225. The van der Waals surface area contributed by atoms with E-state index >= 15 is 0 Å². The number of amides is 2. The van der Waals surface area contributed by atoms with Crippen LogP contribution in [0.25, 0.3) is 0 Å². The number of anilines is 1. The highest BCUT2D eigenvalue weighted by Crippen LogP contribution is 2.13. The standard InChI is InChI=1S/C12H13N3O2S/c16-8-10(9-4-2-1-3-5-9)14-11(17)15-12-13-6-7-18-12/h1-7,10,16H,8H2,(H2,13,14,15,17)/t10-/m1/s1. The lowest BCUT2D eigenvalue weighted by atomic mass is 10.1. The molecule has 0 saturated carbocycles. The van der Waals surface area contributed by atoms with Crippen molar-refractivity contribution in [3.8, 4) is 0 Å². The van der Waals surface area contributed by atoms with Crippen molar-refractivity contribution in [1.29, 1.82) is 0 Å². The van der Waals surface area contributed by atoms with E-state index in [9.17, 15) is 9.90 Å². The van der Waals surface area contributed by atoms with Crippen molar-refractivity contribution < 1.29 is 9.90 Å². The van der Waals surface area contributed by atoms with E-state index in [1.165, 1.54) is 11.3 Å². The summed E-state index contributed by atoms with van der Waals surface area (Å²) in [5, 5.41) is 16.9. The second-order valence-electron chi connectivity index (χ2n) is 3.58. The predicted octanol–water partition coefficient (Wildman–Crippen LogP) is 2.00. The number of rotatable bonds is 4. The molecule has 1 heterocycles. The Balaban J connectivity index is 1.96. The topological polar surface area (TPSA) is 74.2 Å². The van der Waals surface area contributed by atoms with Crippen molar-refractivity contribution in [2.24, 2.45) is 0 Å². The van der Waals surface area contributed by atoms with Crippen LogP contribution < -0.4 is 10.6 Å². The molecular weight excluding hydrogens is 250 g/mol. The first kappa shape index (κ1) is 12.5. The highest BCUT2D eigenvalue weighted by Gasteiger charge is 2.13. The van der Waals surface area contributed by atoms with Crippen LogP contribution in [0.5, 0.6) is 0 Å². The highest BCUT2D eigenvalue weighted by atomic mass is 32.1. The van der Waals surface area contributed by atoms with Gasteiger partial charge in [0.25, 0.3) is 0 Å². The summed E-state index contributed by atoms with van der Waals surface area (Å²) in [5.41, 5.74) is 0.856. The van der Waals surface area contributed by atoms with Gasteiger partial charge in [-0.25, -0.2) is 9.78 Å². The third kappa shape index (κ3) is 3.28. The molecule has 2 aromatic rings. The zero-order valence-electron chi connectivity index (χ0n) is 9.54. The molecule has 1 aromatic heterocycles. The molecule has 5 nitrogen and oxygen atoms in total. The Hall–Kier alpha value is -1.92. The van der Waals surface area contributed by atoms with Crippen molar-refractivity contribution >= 4 is 22.5 Å². The van der Waals surface area contributed by atoms with E-state index < -0.39 is 6.04 Å². The summed E-state index contributed by atoms with van der Waals surface area (Å²) in [6.45, 7) is -0.157. The predicted molar refractivity (Wildman–Crippen MR) is 70.5 cm³/mol. The van der Waals surface area contributed by atoms with Crippen LogP contribution in [0, 0.1) is 0 Å². The van der Waals surface area contributed by atoms with Crippen molar-refractivity contribution in [2.45, 2.75) is 6.04 Å². The van der Waals surface area contributed by atoms with Crippen LogP contribution in [0.15, 0.2) is 41.9 Å². The summed E-state index contributed by atoms with van der Waals surface area (Å²) in [6.07, 6.45) is 1.61. The number of carbonyl (C=O) groups is 1. The zero-order chi connectivity index (χ0) is 12.8. The smallest absolute Gasteiger partial charge is 0.321 e. The van der Waals surface area contributed by atoms with Crippen LogP contribution in [-0.2, 0) is 0 Å². The maximum absolute atomic E-state index is 11.7. The van der Waals surface area contributed by atoms with Gasteiger partial charge >= 0.3 is 6.03 Å². The molecule has 2 amide bonds. The van der Waals surface area contributed by atoms with Gasteiger partial charge in [-0.1, -0.05) is 30.3 Å². The fraction of sp³-hybridized carbons (Fsp3) is 0.167. The van der Waals surface area contributed by atoms with E-state index in [4.69, 9.17) is 0 Å². The maximum atomic E-state index is 11.7. The lowest BCUT2D eigenvalue weighted by Crippen LogP contribution is -2.34. The van der Waals surface area contributed by atoms with Gasteiger partial charge in [0.05, 0.1) is 12.6 Å². The molecule has 0 aliphatic rings. The Morgan fingerprint density at radius 1 is 1.39 bits per heavy atom. The van der Waals surface area contributed by atoms with Gasteiger partial charge < -0.3 is 10.4 Å². The largest absolute Gasteiger partial charge is 0.394 e. The Bertz CT molecular complexity index is 487. The fourth-order valence-corrected chi connectivity index (χ4v) is 2.02. The molecular formula is C12H13N3O2S. The number of hydrogen-bond donors (Lipinski definition) is 3. The molecule has 2 rings (SSSR count). The van der Waals surface area contributed by atoms with Gasteiger partial charge in [0, 0.05) is 11.6 Å². The summed E-state index contributed by atoms with van der Waals surface area (Å²) in [5.74, 6) is 0. The highest BCUT2D eigenvalue weighted by molar-refractivity contribution is 7.13. The maximum Gasteiger partial charge on any atom is 0.321 e. The zero-order valence-corrected chi connectivity index (χ0v) is 10.4. The van der Waals surface area contributed by atoms with Crippen molar-refractivity contribution in [2.75, 3.05) is 11.9 Å². The summed E-state index contributed by atoms with van der Waals surface area (Å²) < 4.78 is 0. The van der Waals surface area contributed by atoms with Crippen LogP contribution in [0.4, 0.5) is 9.93 Å². The van der Waals surface area contributed by atoms with Crippen molar-refractivity contribution in [3.63, 3.8) is 0 Å². The molecule has 3 N–H and O–H groups in total. The van der Waals surface area contributed by atoms with E-state index in [-0.39, 0.29) is 12.6 Å². The van der Waals surface area contributed by atoms with Crippen LogP contribution in [0.1, 0.15) is 11.6 Å². The van der Waals surface area contributed by atoms with Gasteiger partial charge in [-0.3, -0.25) is 5.32 Å². The van der Waals surface area contributed by atoms with Crippen LogP contribution in [-0.4, -0.2) is 22.7 Å². The molecule has 1 aromatic carbocycles. The van der Waals surface area contributed by atoms with E-state index in [0.717, 1.165) is 5.56 Å². The summed E-state index contributed by atoms with van der Waals surface area (Å²) in [6, 6.07) is 8.50. The van der Waals surface area contributed by atoms with Gasteiger partial charge in [0.1, 0.15) is 0 Å². The second kappa shape index (κ2) is 6.13. The number of nitrogens with zero attached hydrogens (tertiary/aromatic N) is 1. The molecule has 0 aliphatic carbocycles. The second-order valence-corrected chi connectivity index (χ2v) is 4.48. The van der Waals surface area contributed by atoms with Gasteiger partial charge in [0.2, 0.25) is 0 Å². The molecule has 6 heteroatoms. The summed E-state index contributed by atoms with van der Waals surface area (Å²) >= 11 is 1.34. The van der Waals surface area contributed by atoms with E-state index in [1.807, 2.05) is 30.3 Å². The molecule has 0 unspecified atom stereocenters. The average Bonchev–Trinajstić information content (AvgIpc) is 2.90. The van der Waals surface area contributed by atoms with Gasteiger partial charge in [-0.15, -0.1) is 11.3 Å². The number of hydrogen-bond acceptors (Lipinski definition) is 4. The molecule has 94 valence electrons. The van der Waals surface area contributed by atoms with E-state index in [0.29, 0.717) is 5.13 Å². The molecule has 0 saturated heterocycles. The van der Waals surface area contributed by atoms with Crippen molar-refractivity contribution in [3.05, 3.63) is 47.5 Å². The third-order valence-corrected chi connectivity index (χ3v) is 3.03. The minimum absolute atomic E-state index is 0.157. The number of nitrogens with one attached hydrogen (secondary N) is 2. The number of benzene rings is 1. The number of urea groups is 1. The van der Waals surface area contributed by atoms with Gasteiger partial charge in [-0.05, 0) is 5.56 Å². The first-order valence-corrected chi connectivity index (χ1v) is 6.30. The molecule has 18 heavy (non-hydrogen) atoms. The Morgan fingerprint density at radius 3 is 2.78 bits per heavy atom. The van der Waals surface area contributed by atoms with Gasteiger partial charge in [0.15, 0.2) is 5.13 Å². The minimum Gasteiger partial charge on any atom is -0.394 e. The molecule has 1 atom stereocenters. The van der Waals surface area contributed by atoms with Gasteiger partial charge in [-0.2, -0.15) is 0 Å². The lowest BCUT2D eigenvalue weighted by Gasteiger charge is -2.16. The van der Waals surface area contributed by atoms with Crippen molar-refractivity contribution in [1.82, 2.24) is 10.3 Å². The summed E-state index contributed by atoms with van der Waals surface area (Å²) in [4.78, 5) is 15.6. The van der Waals surface area contributed by atoms with E-state index in [2.05, 4.69) is 15.6 Å². The average molecular weight is 263 g/mol. The van der Waals surface area contributed by atoms with Crippen LogP contribution >= 0.6 is 11.3 Å². The third-order valence-electron chi connectivity index (χ3n) is 2.34. The quantitative estimate of drug-likeness (QED) is 0.789. The SMILES string of the molecule is O=C(Nc1nccs1)N[C@H](CO)c1ccccc1. The molecule has 0 aliphatic heterocycles. The first-order valence-electron chi connectivity index (χ1n) is 5.42. The number of aliphatic hydroxyl groups is 1. The number of thiazole rings is 1. The summed E-state index contributed by atoms with van der Waals surface area (Å²) in [7, 11) is 0. The molecule has 0 radical (unpaired) electrons. The number of carbonyl (C=O) groups excluding carboxylic acids is 1. The normalized spacial score (nSPS) is 11.8. The van der Waals surface area contributed by atoms with E-state index in [1.54, 1.807) is 11.6 Å². The molecule has 0 spiro atoms. The Morgan fingerprint density at radius 2 is 2.17 bits per heavy atom. The number of aliphatic hydroxyl groups excluding tert-OH is 1.